The molecule has 2 aliphatic heterocycles. The largest absolute Gasteiger partial charge is 0.462 e. The Labute approximate surface area is 192 Å². The Hall–Kier alpha value is -3.28. The first-order chi connectivity index (χ1) is 16.5. The van der Waals surface area contributed by atoms with Crippen molar-refractivity contribution in [1.29, 1.82) is 0 Å². The fourth-order valence-electron chi connectivity index (χ4n) is 4.85. The topological polar surface area (TPSA) is 150 Å². The number of rotatable bonds is 3. The molecule has 5 unspecified atom stereocenters. The number of aromatic nitrogens is 3. The number of H-pyrrole nitrogens is 1. The van der Waals surface area contributed by atoms with Gasteiger partial charge in [0.05, 0.1) is 23.2 Å². The summed E-state index contributed by atoms with van der Waals surface area (Å²) in [4.78, 5) is 21.1. The predicted molar refractivity (Wildman–Crippen MR) is 121 cm³/mol. The normalized spacial score (nSPS) is 26.4. The van der Waals surface area contributed by atoms with Crippen molar-refractivity contribution in [3.05, 3.63) is 58.4 Å². The van der Waals surface area contributed by atoms with Crippen molar-refractivity contribution in [1.82, 2.24) is 14.5 Å². The second-order valence-corrected chi connectivity index (χ2v) is 8.66. The van der Waals surface area contributed by atoms with Crippen molar-refractivity contribution < 1.29 is 29.9 Å². The van der Waals surface area contributed by atoms with Crippen LogP contribution in [0.15, 0.2) is 47.3 Å². The lowest BCUT2D eigenvalue weighted by molar-refractivity contribution is -0.277. The van der Waals surface area contributed by atoms with E-state index in [1.54, 1.807) is 22.8 Å². The van der Waals surface area contributed by atoms with Gasteiger partial charge in [-0.15, -0.1) is 0 Å². The molecule has 5 N–H and O–H groups in total. The maximum Gasteiger partial charge on any atom is 0.261 e. The summed E-state index contributed by atoms with van der Waals surface area (Å²) >= 11 is 0. The second-order valence-electron chi connectivity index (χ2n) is 8.66. The molecule has 10 heteroatoms. The van der Waals surface area contributed by atoms with Crippen LogP contribution in [0.1, 0.15) is 5.56 Å². The molecule has 2 aliphatic rings. The summed E-state index contributed by atoms with van der Waals surface area (Å²) in [5.41, 5.74) is 3.14. The molecule has 2 aromatic carbocycles. The molecular formula is C24H23N3O7. The smallest absolute Gasteiger partial charge is 0.261 e. The van der Waals surface area contributed by atoms with Crippen molar-refractivity contribution in [3.8, 4) is 17.3 Å². The Morgan fingerprint density at radius 1 is 1.09 bits per heavy atom. The van der Waals surface area contributed by atoms with Gasteiger partial charge in [0, 0.05) is 23.5 Å². The third kappa shape index (κ3) is 3.15. The van der Waals surface area contributed by atoms with E-state index in [-0.39, 0.29) is 5.56 Å². The number of benzene rings is 2. The highest BCUT2D eigenvalue weighted by Gasteiger charge is 2.44. The summed E-state index contributed by atoms with van der Waals surface area (Å²) in [7, 11) is 0. The first-order valence-electron chi connectivity index (χ1n) is 11.1. The standard InChI is InChI=1S/C24H23N3O7/c28-10-17-19(29)20(30)21(31)24(34-17)33-11-5-6-12-13-7-8-27-22(18(13)25-16(12)9-11)26-15-4-2-1-3-14(15)23(27)32/h1-6,9,17,19-21,24-25,28-31H,7-8,10H2. The van der Waals surface area contributed by atoms with Crippen molar-refractivity contribution in [2.24, 2.45) is 0 Å². The minimum Gasteiger partial charge on any atom is -0.462 e. The third-order valence-electron chi connectivity index (χ3n) is 6.65. The van der Waals surface area contributed by atoms with Gasteiger partial charge in [-0.25, -0.2) is 4.98 Å². The first-order valence-corrected chi connectivity index (χ1v) is 11.1. The molecule has 4 heterocycles. The van der Waals surface area contributed by atoms with Crippen LogP contribution in [0.25, 0.3) is 33.3 Å². The average Bonchev–Trinajstić information content (AvgIpc) is 3.23. The number of fused-ring (bicyclic) bond motifs is 6. The van der Waals surface area contributed by atoms with E-state index in [1.165, 1.54) is 0 Å². The Bertz CT molecular complexity index is 1460. The molecule has 0 bridgehead atoms. The molecule has 6 rings (SSSR count). The van der Waals surface area contributed by atoms with Gasteiger partial charge in [0.25, 0.3) is 5.56 Å². The van der Waals surface area contributed by atoms with E-state index in [9.17, 15) is 25.2 Å². The van der Waals surface area contributed by atoms with Gasteiger partial charge >= 0.3 is 0 Å². The van der Waals surface area contributed by atoms with Crippen LogP contribution in [0.3, 0.4) is 0 Å². The fourth-order valence-corrected chi connectivity index (χ4v) is 4.85. The number of ether oxygens (including phenoxy) is 2. The highest BCUT2D eigenvalue weighted by Crippen LogP contribution is 2.35. The van der Waals surface area contributed by atoms with Crippen LogP contribution in [0, 0.1) is 0 Å². The summed E-state index contributed by atoms with van der Waals surface area (Å²) < 4.78 is 12.9. The lowest BCUT2D eigenvalue weighted by Crippen LogP contribution is -2.60. The number of nitrogens with zero attached hydrogens (tertiary/aromatic N) is 2. The summed E-state index contributed by atoms with van der Waals surface area (Å²) in [6, 6.07) is 12.6. The Morgan fingerprint density at radius 3 is 2.74 bits per heavy atom. The molecule has 1 saturated heterocycles. The van der Waals surface area contributed by atoms with Crippen LogP contribution in [0.4, 0.5) is 0 Å². The lowest BCUT2D eigenvalue weighted by atomic mass is 9.99. The number of hydrogen-bond acceptors (Lipinski definition) is 8. The highest BCUT2D eigenvalue weighted by molar-refractivity contribution is 5.92. The van der Waals surface area contributed by atoms with Crippen LogP contribution in [0.2, 0.25) is 0 Å². The molecule has 2 aromatic heterocycles. The maximum absolute atomic E-state index is 13.0. The molecule has 10 nitrogen and oxygen atoms in total. The number of aryl methyl sites for hydroxylation is 1. The number of para-hydroxylation sites is 1. The molecule has 0 aliphatic carbocycles. The van der Waals surface area contributed by atoms with Gasteiger partial charge in [-0.05, 0) is 36.2 Å². The molecule has 0 amide bonds. The van der Waals surface area contributed by atoms with Gasteiger partial charge < -0.3 is 34.9 Å². The number of aliphatic hydroxyl groups excluding tert-OH is 4. The number of nitrogens with one attached hydrogen (secondary N) is 1. The van der Waals surface area contributed by atoms with Crippen LogP contribution in [-0.2, 0) is 17.7 Å². The summed E-state index contributed by atoms with van der Waals surface area (Å²) in [6.45, 7) is -0.0112. The van der Waals surface area contributed by atoms with Gasteiger partial charge in [-0.2, -0.15) is 0 Å². The van der Waals surface area contributed by atoms with E-state index >= 15 is 0 Å². The van der Waals surface area contributed by atoms with Crippen molar-refractivity contribution in [2.45, 2.75) is 43.7 Å². The Kier molecular flexibility index (Phi) is 4.94. The summed E-state index contributed by atoms with van der Waals surface area (Å²) in [5, 5.41) is 41.2. The van der Waals surface area contributed by atoms with E-state index < -0.39 is 37.3 Å². The lowest BCUT2D eigenvalue weighted by Gasteiger charge is -2.39. The van der Waals surface area contributed by atoms with Crippen LogP contribution in [0.5, 0.6) is 5.75 Å². The van der Waals surface area contributed by atoms with E-state index in [0.29, 0.717) is 35.4 Å². The Balaban J connectivity index is 1.38. The van der Waals surface area contributed by atoms with Crippen LogP contribution >= 0.6 is 0 Å². The van der Waals surface area contributed by atoms with E-state index in [1.807, 2.05) is 24.3 Å². The van der Waals surface area contributed by atoms with Gasteiger partial charge in [0.2, 0.25) is 6.29 Å². The van der Waals surface area contributed by atoms with Crippen molar-refractivity contribution >= 4 is 21.8 Å². The predicted octanol–water partition coefficient (Wildman–Crippen LogP) is 0.280. The SMILES string of the molecule is O=c1c2ccccc2nc2n1CCc1c-2[nH]c2cc(OC3OC(CO)C(O)C(O)C3O)ccc12. The fraction of sp³-hybridized carbons (Fsp3) is 0.333. The van der Waals surface area contributed by atoms with Crippen LogP contribution < -0.4 is 10.3 Å². The zero-order valence-electron chi connectivity index (χ0n) is 18.0. The van der Waals surface area contributed by atoms with E-state index in [4.69, 9.17) is 14.5 Å². The minimum absolute atomic E-state index is 0.0726. The molecular weight excluding hydrogens is 442 g/mol. The molecule has 34 heavy (non-hydrogen) atoms. The molecule has 1 fully saturated rings. The van der Waals surface area contributed by atoms with Gasteiger partial charge in [0.15, 0.2) is 5.82 Å². The minimum atomic E-state index is -1.52. The molecule has 0 saturated carbocycles. The van der Waals surface area contributed by atoms with E-state index in [2.05, 4.69) is 4.98 Å². The zero-order chi connectivity index (χ0) is 23.6. The molecule has 4 aromatic rings. The third-order valence-corrected chi connectivity index (χ3v) is 6.65. The van der Waals surface area contributed by atoms with Gasteiger partial charge in [-0.3, -0.25) is 9.36 Å². The molecule has 0 radical (unpaired) electrons. The van der Waals surface area contributed by atoms with Crippen molar-refractivity contribution in [2.75, 3.05) is 6.61 Å². The molecule has 5 atom stereocenters. The summed E-state index contributed by atoms with van der Waals surface area (Å²) in [6.07, 6.45) is -6.14. The quantitative estimate of drug-likeness (QED) is 0.290. The zero-order valence-corrected chi connectivity index (χ0v) is 18.0. The summed E-state index contributed by atoms with van der Waals surface area (Å²) in [5.74, 6) is 0.942. The Morgan fingerprint density at radius 2 is 1.91 bits per heavy atom. The maximum atomic E-state index is 13.0. The van der Waals surface area contributed by atoms with E-state index in [0.717, 1.165) is 22.2 Å². The number of aromatic amines is 1. The van der Waals surface area contributed by atoms with Gasteiger partial charge in [0.1, 0.15) is 30.2 Å². The second kappa shape index (κ2) is 7.90. The monoisotopic (exact) mass is 465 g/mol. The molecule has 176 valence electrons. The molecule has 0 spiro atoms. The van der Waals surface area contributed by atoms with Gasteiger partial charge in [-0.1, -0.05) is 12.1 Å². The number of hydrogen-bond donors (Lipinski definition) is 5. The first kappa shape index (κ1) is 21.3. The van der Waals surface area contributed by atoms with Crippen LogP contribution in [-0.4, -0.2) is 72.3 Å². The highest BCUT2D eigenvalue weighted by atomic mass is 16.7. The number of aliphatic hydroxyl groups is 4. The van der Waals surface area contributed by atoms with Crippen molar-refractivity contribution in [3.63, 3.8) is 0 Å². The average molecular weight is 465 g/mol.